The molecule has 0 radical (unpaired) electrons. The third-order valence-electron chi connectivity index (χ3n) is 3.62. The second-order valence-electron chi connectivity index (χ2n) is 5.08. The van der Waals surface area contributed by atoms with E-state index in [1.807, 2.05) is 4.90 Å². The van der Waals surface area contributed by atoms with Crippen LogP contribution in [0.15, 0.2) is 30.3 Å². The minimum Gasteiger partial charge on any atom is -0.396 e. The van der Waals surface area contributed by atoms with Gasteiger partial charge in [0.25, 0.3) is 0 Å². The summed E-state index contributed by atoms with van der Waals surface area (Å²) in [4.78, 5) is 14.0. The molecule has 0 aromatic heterocycles. The number of hydrogen-bond donors (Lipinski definition) is 1. The topological polar surface area (TPSA) is 40.5 Å². The van der Waals surface area contributed by atoms with Gasteiger partial charge in [0.2, 0.25) is 5.91 Å². The lowest BCUT2D eigenvalue weighted by molar-refractivity contribution is -0.130. The first kappa shape index (κ1) is 14.7. The molecule has 108 valence electrons. The molecule has 1 aromatic rings. The van der Waals surface area contributed by atoms with E-state index in [0.29, 0.717) is 24.6 Å². The first-order chi connectivity index (χ1) is 9.70. The summed E-state index contributed by atoms with van der Waals surface area (Å²) in [6, 6.07) is 6.45. The first-order valence-electron chi connectivity index (χ1n) is 7.06. The van der Waals surface area contributed by atoms with E-state index in [1.165, 1.54) is 18.2 Å². The highest BCUT2D eigenvalue weighted by Crippen LogP contribution is 2.25. The predicted molar refractivity (Wildman–Crippen MR) is 76.5 cm³/mol. The van der Waals surface area contributed by atoms with Crippen molar-refractivity contribution < 1.29 is 14.3 Å². The summed E-state index contributed by atoms with van der Waals surface area (Å²) >= 11 is 0. The molecule has 0 spiro atoms. The zero-order valence-electron chi connectivity index (χ0n) is 11.5. The quantitative estimate of drug-likeness (QED) is 0.812. The van der Waals surface area contributed by atoms with E-state index in [1.54, 1.807) is 18.2 Å². The molecule has 1 aliphatic carbocycles. The maximum Gasteiger partial charge on any atom is 0.246 e. The van der Waals surface area contributed by atoms with E-state index in [0.717, 1.165) is 19.3 Å². The van der Waals surface area contributed by atoms with Crippen LogP contribution in [-0.4, -0.2) is 35.1 Å². The molecule has 1 amide bonds. The molecule has 0 atom stereocenters. The fourth-order valence-electron chi connectivity index (χ4n) is 2.29. The van der Waals surface area contributed by atoms with Gasteiger partial charge in [0.05, 0.1) is 0 Å². The Morgan fingerprint density at radius 3 is 2.85 bits per heavy atom. The van der Waals surface area contributed by atoms with Gasteiger partial charge in [0.15, 0.2) is 0 Å². The van der Waals surface area contributed by atoms with Crippen molar-refractivity contribution in [2.24, 2.45) is 0 Å². The van der Waals surface area contributed by atoms with Gasteiger partial charge in [-0.05, 0) is 49.5 Å². The second kappa shape index (κ2) is 7.20. The smallest absolute Gasteiger partial charge is 0.246 e. The van der Waals surface area contributed by atoms with Crippen molar-refractivity contribution in [1.29, 1.82) is 0 Å². The van der Waals surface area contributed by atoms with E-state index in [-0.39, 0.29) is 18.3 Å². The molecule has 0 saturated heterocycles. The molecular formula is C16H20FNO2. The average Bonchev–Trinajstić information content (AvgIpc) is 2.38. The van der Waals surface area contributed by atoms with Gasteiger partial charge in [0, 0.05) is 25.3 Å². The molecule has 2 rings (SSSR count). The summed E-state index contributed by atoms with van der Waals surface area (Å²) in [5.74, 6) is -0.372. The number of aliphatic hydroxyl groups is 1. The monoisotopic (exact) mass is 277 g/mol. The fourth-order valence-corrected chi connectivity index (χ4v) is 2.29. The largest absolute Gasteiger partial charge is 0.396 e. The number of carbonyl (C=O) groups excluding carboxylic acids is 1. The Kier molecular flexibility index (Phi) is 5.30. The van der Waals surface area contributed by atoms with E-state index in [4.69, 9.17) is 5.11 Å². The molecule has 1 aliphatic rings. The molecule has 1 saturated carbocycles. The van der Waals surface area contributed by atoms with E-state index >= 15 is 0 Å². The van der Waals surface area contributed by atoms with Gasteiger partial charge < -0.3 is 10.0 Å². The maximum absolute atomic E-state index is 13.1. The summed E-state index contributed by atoms with van der Waals surface area (Å²) in [7, 11) is 0. The number of halogens is 1. The Morgan fingerprint density at radius 1 is 1.45 bits per heavy atom. The molecule has 0 unspecified atom stereocenters. The Labute approximate surface area is 118 Å². The Morgan fingerprint density at radius 2 is 2.25 bits per heavy atom. The third kappa shape index (κ3) is 3.90. The molecule has 0 bridgehead atoms. The van der Waals surface area contributed by atoms with Crippen LogP contribution in [0.5, 0.6) is 0 Å². The SMILES string of the molecule is O=C(/C=C/c1cccc(F)c1)N(CCCO)C1CCC1. The Balaban J connectivity index is 1.99. The van der Waals surface area contributed by atoms with Crippen LogP contribution in [0.25, 0.3) is 6.08 Å². The van der Waals surface area contributed by atoms with E-state index in [2.05, 4.69) is 0 Å². The molecule has 4 heteroatoms. The summed E-state index contributed by atoms with van der Waals surface area (Å²) < 4.78 is 13.1. The minimum absolute atomic E-state index is 0.0626. The highest BCUT2D eigenvalue weighted by molar-refractivity contribution is 5.92. The van der Waals surface area contributed by atoms with Crippen molar-refractivity contribution in [1.82, 2.24) is 4.90 Å². The second-order valence-corrected chi connectivity index (χ2v) is 5.08. The highest BCUT2D eigenvalue weighted by Gasteiger charge is 2.26. The predicted octanol–water partition coefficient (Wildman–Crippen LogP) is 2.60. The van der Waals surface area contributed by atoms with Crippen LogP contribution < -0.4 is 0 Å². The number of amides is 1. The Bertz CT molecular complexity index is 483. The molecule has 1 N–H and O–H groups in total. The maximum atomic E-state index is 13.1. The third-order valence-corrected chi connectivity index (χ3v) is 3.62. The lowest BCUT2D eigenvalue weighted by atomic mass is 9.91. The van der Waals surface area contributed by atoms with Gasteiger partial charge in [-0.15, -0.1) is 0 Å². The summed E-state index contributed by atoms with van der Waals surface area (Å²) in [6.07, 6.45) is 6.94. The number of rotatable bonds is 6. The standard InChI is InChI=1S/C16H20FNO2/c17-14-5-1-4-13(12-14)8-9-16(20)18(10-3-11-19)15-6-2-7-15/h1,4-5,8-9,12,15,19H,2-3,6-7,10-11H2/b9-8+. The van der Waals surface area contributed by atoms with Crippen molar-refractivity contribution in [3.05, 3.63) is 41.7 Å². The lowest BCUT2D eigenvalue weighted by Gasteiger charge is -2.37. The van der Waals surface area contributed by atoms with Crippen molar-refractivity contribution >= 4 is 12.0 Å². The van der Waals surface area contributed by atoms with Crippen LogP contribution in [0, 0.1) is 5.82 Å². The zero-order chi connectivity index (χ0) is 14.4. The van der Waals surface area contributed by atoms with Crippen LogP contribution in [0.1, 0.15) is 31.2 Å². The minimum atomic E-state index is -0.310. The van der Waals surface area contributed by atoms with Crippen molar-refractivity contribution in [2.45, 2.75) is 31.7 Å². The molecule has 0 aliphatic heterocycles. The average molecular weight is 277 g/mol. The number of nitrogens with zero attached hydrogens (tertiary/aromatic N) is 1. The Hall–Kier alpha value is -1.68. The molecular weight excluding hydrogens is 257 g/mol. The molecule has 1 aromatic carbocycles. The number of benzene rings is 1. The van der Waals surface area contributed by atoms with Gasteiger partial charge in [-0.2, -0.15) is 0 Å². The summed E-state index contributed by atoms with van der Waals surface area (Å²) in [6.45, 7) is 0.664. The van der Waals surface area contributed by atoms with Crippen molar-refractivity contribution in [3.8, 4) is 0 Å². The zero-order valence-corrected chi connectivity index (χ0v) is 11.5. The summed E-state index contributed by atoms with van der Waals surface area (Å²) in [5.41, 5.74) is 0.675. The number of hydrogen-bond acceptors (Lipinski definition) is 2. The van der Waals surface area contributed by atoms with Crippen molar-refractivity contribution in [2.75, 3.05) is 13.2 Å². The van der Waals surface area contributed by atoms with E-state index < -0.39 is 0 Å². The van der Waals surface area contributed by atoms with Crippen molar-refractivity contribution in [3.63, 3.8) is 0 Å². The molecule has 0 heterocycles. The number of carbonyl (C=O) groups is 1. The van der Waals surface area contributed by atoms with Gasteiger partial charge in [-0.3, -0.25) is 4.79 Å². The molecule has 20 heavy (non-hydrogen) atoms. The first-order valence-corrected chi connectivity index (χ1v) is 7.06. The molecule has 1 fully saturated rings. The molecule has 3 nitrogen and oxygen atoms in total. The van der Waals surface area contributed by atoms with Gasteiger partial charge in [-0.1, -0.05) is 12.1 Å². The van der Waals surface area contributed by atoms with Crippen LogP contribution in [-0.2, 0) is 4.79 Å². The van der Waals surface area contributed by atoms with Crippen LogP contribution >= 0.6 is 0 Å². The highest BCUT2D eigenvalue weighted by atomic mass is 19.1. The van der Waals surface area contributed by atoms with Crippen LogP contribution in [0.2, 0.25) is 0 Å². The van der Waals surface area contributed by atoms with Gasteiger partial charge in [0.1, 0.15) is 5.82 Å². The summed E-state index contributed by atoms with van der Waals surface area (Å²) in [5, 5.41) is 8.91. The van der Waals surface area contributed by atoms with Gasteiger partial charge in [-0.25, -0.2) is 4.39 Å². The lowest BCUT2D eigenvalue weighted by Crippen LogP contribution is -2.44. The van der Waals surface area contributed by atoms with Gasteiger partial charge >= 0.3 is 0 Å². The fraction of sp³-hybridized carbons (Fsp3) is 0.438. The van der Waals surface area contributed by atoms with Crippen LogP contribution in [0.4, 0.5) is 4.39 Å². The van der Waals surface area contributed by atoms with Crippen LogP contribution in [0.3, 0.4) is 0 Å². The normalized spacial score (nSPS) is 15.3. The van der Waals surface area contributed by atoms with E-state index in [9.17, 15) is 9.18 Å². The number of aliphatic hydroxyl groups excluding tert-OH is 1.